The fourth-order valence-electron chi connectivity index (χ4n) is 3.50. The molecule has 7 nitrogen and oxygen atoms in total. The van der Waals surface area contributed by atoms with E-state index < -0.39 is 0 Å². The number of nitrogens with zero attached hydrogens (tertiary/aromatic N) is 4. The monoisotopic (exact) mass is 449 g/mol. The number of carbonyl (C=O) groups is 1. The Balaban J connectivity index is 1.68. The van der Waals surface area contributed by atoms with Crippen molar-refractivity contribution in [3.63, 3.8) is 0 Å². The largest absolute Gasteiger partial charge is 0.281 e. The van der Waals surface area contributed by atoms with Crippen LogP contribution in [0.2, 0.25) is 0 Å². The Bertz CT molecular complexity index is 1110. The van der Waals surface area contributed by atoms with Crippen LogP contribution < -0.4 is 11.0 Å². The van der Waals surface area contributed by atoms with Gasteiger partial charge in [-0.25, -0.2) is 9.66 Å². The first-order valence-corrected chi connectivity index (χ1v) is 10.5. The molecular weight excluding hydrogens is 430 g/mol. The number of halogens is 1. The molecule has 9 heteroatoms. The number of aromatic nitrogens is 4. The van der Waals surface area contributed by atoms with Crippen molar-refractivity contribution in [1.82, 2.24) is 19.4 Å². The van der Waals surface area contributed by atoms with E-state index in [9.17, 15) is 9.59 Å². The molecule has 0 radical (unpaired) electrons. The maximum Gasteiger partial charge on any atom is 0.281 e. The molecule has 1 atom stereocenters. The Morgan fingerprint density at radius 3 is 2.93 bits per heavy atom. The van der Waals surface area contributed by atoms with E-state index >= 15 is 0 Å². The summed E-state index contributed by atoms with van der Waals surface area (Å²) in [7, 11) is 0. The van der Waals surface area contributed by atoms with Crippen LogP contribution in [0.4, 0.5) is 0 Å². The van der Waals surface area contributed by atoms with Gasteiger partial charge in [-0.2, -0.15) is 5.10 Å². The predicted molar refractivity (Wildman–Crippen MR) is 109 cm³/mol. The number of hydrogen-bond acceptors (Lipinski definition) is 5. The summed E-state index contributed by atoms with van der Waals surface area (Å²) < 4.78 is 3.69. The fourth-order valence-corrected chi connectivity index (χ4v) is 5.22. The van der Waals surface area contributed by atoms with E-state index in [1.165, 1.54) is 9.55 Å². The molecule has 0 bridgehead atoms. The highest BCUT2D eigenvalue weighted by Crippen LogP contribution is 2.35. The van der Waals surface area contributed by atoms with Crippen LogP contribution in [0.15, 0.2) is 15.5 Å². The Labute approximate surface area is 168 Å². The molecule has 27 heavy (non-hydrogen) atoms. The molecular formula is C18H20BrN5O2S. The first kappa shape index (κ1) is 18.4. The van der Waals surface area contributed by atoms with Crippen LogP contribution in [0, 0.1) is 19.8 Å². The smallest absolute Gasteiger partial charge is 0.271 e. The number of rotatable bonds is 3. The van der Waals surface area contributed by atoms with Crippen molar-refractivity contribution in [3.05, 3.63) is 43.0 Å². The summed E-state index contributed by atoms with van der Waals surface area (Å²) in [5, 5.41) is 4.81. The average molecular weight is 450 g/mol. The zero-order chi connectivity index (χ0) is 19.3. The summed E-state index contributed by atoms with van der Waals surface area (Å²) in [5.74, 6) is 0.786. The summed E-state index contributed by atoms with van der Waals surface area (Å²) in [6.45, 7) is 5.87. The molecule has 4 rings (SSSR count). The minimum Gasteiger partial charge on any atom is -0.271 e. The molecule has 1 aliphatic carbocycles. The lowest BCUT2D eigenvalue weighted by molar-refractivity contribution is -0.117. The van der Waals surface area contributed by atoms with E-state index in [0.29, 0.717) is 17.1 Å². The number of fused-ring (bicyclic) bond motifs is 3. The van der Waals surface area contributed by atoms with Gasteiger partial charge in [-0.15, -0.1) is 11.3 Å². The third kappa shape index (κ3) is 3.23. The Morgan fingerprint density at radius 1 is 1.44 bits per heavy atom. The van der Waals surface area contributed by atoms with Crippen molar-refractivity contribution in [2.45, 2.75) is 46.6 Å². The second-order valence-corrected chi connectivity index (χ2v) is 9.04. The first-order valence-electron chi connectivity index (χ1n) is 8.86. The molecule has 0 unspecified atom stereocenters. The maximum absolute atomic E-state index is 13.1. The highest BCUT2D eigenvalue weighted by Gasteiger charge is 2.24. The molecule has 0 saturated carbocycles. The van der Waals surface area contributed by atoms with Crippen molar-refractivity contribution < 1.29 is 4.79 Å². The summed E-state index contributed by atoms with van der Waals surface area (Å²) in [6.07, 6.45) is 4.61. The van der Waals surface area contributed by atoms with Crippen LogP contribution in [0.3, 0.4) is 0 Å². The highest BCUT2D eigenvalue weighted by molar-refractivity contribution is 9.10. The number of thiophene rings is 1. The van der Waals surface area contributed by atoms with E-state index in [2.05, 4.69) is 38.4 Å². The van der Waals surface area contributed by atoms with Crippen LogP contribution in [-0.2, 0) is 24.2 Å². The van der Waals surface area contributed by atoms with E-state index in [1.807, 2.05) is 6.92 Å². The minimum absolute atomic E-state index is 0.0284. The van der Waals surface area contributed by atoms with Gasteiger partial charge in [-0.1, -0.05) is 6.92 Å². The van der Waals surface area contributed by atoms with Gasteiger partial charge in [0.05, 0.1) is 21.7 Å². The fraction of sp³-hybridized carbons (Fsp3) is 0.444. The summed E-state index contributed by atoms with van der Waals surface area (Å²) in [5.41, 5.74) is 4.46. The van der Waals surface area contributed by atoms with Gasteiger partial charge in [0.15, 0.2) is 0 Å². The molecule has 3 aromatic heterocycles. The third-order valence-corrected chi connectivity index (χ3v) is 7.00. The van der Waals surface area contributed by atoms with Gasteiger partial charge in [-0.05, 0) is 60.5 Å². The standard InChI is InChI=1S/C18H20BrN5O2S/c1-9-4-5-12-14(6-9)27-17-16(12)18(26)24(11(3)21-17)22-15(25)8-23-10(2)13(19)7-20-23/h7,9H,4-6,8H2,1-3H3,(H,22,25)/t9-/m0/s1. The molecule has 0 saturated heterocycles. The van der Waals surface area contributed by atoms with E-state index in [1.54, 1.807) is 29.1 Å². The summed E-state index contributed by atoms with van der Waals surface area (Å²) in [6, 6.07) is 0. The molecule has 1 aliphatic rings. The normalized spacial score (nSPS) is 16.5. The van der Waals surface area contributed by atoms with Gasteiger partial charge >= 0.3 is 0 Å². The quantitative estimate of drug-likeness (QED) is 0.666. The molecule has 142 valence electrons. The van der Waals surface area contributed by atoms with Gasteiger partial charge in [0.2, 0.25) is 0 Å². The minimum atomic E-state index is -0.322. The van der Waals surface area contributed by atoms with Gasteiger partial charge in [0.1, 0.15) is 17.2 Å². The number of hydrogen-bond donors (Lipinski definition) is 1. The average Bonchev–Trinajstić information content (AvgIpc) is 3.12. The van der Waals surface area contributed by atoms with Gasteiger partial charge in [-0.3, -0.25) is 19.7 Å². The highest BCUT2D eigenvalue weighted by atomic mass is 79.9. The van der Waals surface area contributed by atoms with Crippen molar-refractivity contribution in [3.8, 4) is 0 Å². The first-order chi connectivity index (χ1) is 12.8. The Kier molecular flexibility index (Phi) is 4.67. The van der Waals surface area contributed by atoms with Crippen LogP contribution in [0.25, 0.3) is 10.2 Å². The van der Waals surface area contributed by atoms with Gasteiger partial charge in [0.25, 0.3) is 11.5 Å². The van der Waals surface area contributed by atoms with Crippen LogP contribution in [0.5, 0.6) is 0 Å². The van der Waals surface area contributed by atoms with Gasteiger partial charge < -0.3 is 0 Å². The summed E-state index contributed by atoms with van der Waals surface area (Å²) >= 11 is 4.99. The molecule has 0 aliphatic heterocycles. The van der Waals surface area contributed by atoms with Crippen LogP contribution in [-0.4, -0.2) is 25.3 Å². The Morgan fingerprint density at radius 2 is 2.22 bits per heavy atom. The van der Waals surface area contributed by atoms with Crippen LogP contribution in [0.1, 0.15) is 35.3 Å². The van der Waals surface area contributed by atoms with Crippen molar-refractivity contribution >= 4 is 43.4 Å². The third-order valence-electron chi connectivity index (χ3n) is 5.07. The van der Waals surface area contributed by atoms with Crippen molar-refractivity contribution in [1.29, 1.82) is 0 Å². The molecule has 1 N–H and O–H groups in total. The SMILES string of the molecule is Cc1c(Br)cnn1CC(=O)Nn1c(C)nc2sc3c(c2c1=O)CC[C@H](C)C3. The number of amides is 1. The van der Waals surface area contributed by atoms with Crippen molar-refractivity contribution in [2.75, 3.05) is 5.43 Å². The van der Waals surface area contributed by atoms with E-state index in [4.69, 9.17) is 0 Å². The number of carbonyl (C=O) groups excluding carboxylic acids is 1. The maximum atomic E-state index is 13.1. The van der Waals surface area contributed by atoms with E-state index in [-0.39, 0.29) is 18.0 Å². The Hall–Kier alpha value is -2.00. The lowest BCUT2D eigenvalue weighted by Crippen LogP contribution is -2.37. The molecule has 3 heterocycles. The van der Waals surface area contributed by atoms with Gasteiger partial charge in [0, 0.05) is 4.88 Å². The number of nitrogens with one attached hydrogen (secondary N) is 1. The topological polar surface area (TPSA) is 81.8 Å². The molecule has 0 spiro atoms. The van der Waals surface area contributed by atoms with Crippen molar-refractivity contribution in [2.24, 2.45) is 5.92 Å². The molecule has 0 aromatic carbocycles. The van der Waals surface area contributed by atoms with Crippen LogP contribution >= 0.6 is 27.3 Å². The lowest BCUT2D eigenvalue weighted by Gasteiger charge is -2.17. The second-order valence-electron chi connectivity index (χ2n) is 7.10. The zero-order valence-electron chi connectivity index (χ0n) is 15.4. The molecule has 3 aromatic rings. The zero-order valence-corrected chi connectivity index (χ0v) is 17.8. The second kappa shape index (κ2) is 6.87. The lowest BCUT2D eigenvalue weighted by atomic mass is 9.89. The van der Waals surface area contributed by atoms with E-state index in [0.717, 1.165) is 39.8 Å². The molecule has 0 fully saturated rings. The summed E-state index contributed by atoms with van der Waals surface area (Å²) in [4.78, 5) is 32.2. The predicted octanol–water partition coefficient (Wildman–Crippen LogP) is 2.93. The molecule has 1 amide bonds. The number of aryl methyl sites for hydroxylation is 2.